The van der Waals surface area contributed by atoms with E-state index in [1.165, 1.54) is 22.0 Å². The molecular formula is C33H45N5O2Si. The third-order valence-corrected chi connectivity index (χ3v) is 13.6. The van der Waals surface area contributed by atoms with Gasteiger partial charge in [0.15, 0.2) is 8.32 Å². The highest BCUT2D eigenvalue weighted by atomic mass is 28.4. The first-order valence-electron chi connectivity index (χ1n) is 15.1. The van der Waals surface area contributed by atoms with E-state index in [-0.39, 0.29) is 5.04 Å². The van der Waals surface area contributed by atoms with E-state index in [2.05, 4.69) is 91.0 Å². The van der Waals surface area contributed by atoms with Crippen molar-refractivity contribution in [2.24, 2.45) is 5.92 Å². The average Bonchev–Trinajstić information content (AvgIpc) is 2.95. The molecule has 0 amide bonds. The molecule has 2 aliphatic rings. The summed E-state index contributed by atoms with van der Waals surface area (Å²) in [4.78, 5) is 18.5. The quantitative estimate of drug-likeness (QED) is 0.155. The minimum atomic E-state index is -1.78. The van der Waals surface area contributed by atoms with Gasteiger partial charge in [0.1, 0.15) is 5.82 Å². The lowest BCUT2D eigenvalue weighted by Crippen LogP contribution is -2.41. The van der Waals surface area contributed by atoms with Crippen LogP contribution in [0.1, 0.15) is 51.3 Å². The standard InChI is InChI=1S/C33H45N5O2Si/c1-33(2,3)41(5,6)40-21-11-20-39-32-35-29-24-37(30-16-9-14-26-13-7-8-15-27(26)30)19-17-28(29)31(36-32)38-18-10-12-25(23-38)22-34-4/h7-9,13-16,25H,10-12,17-24H2,1-3,5-6H3. The Bertz CT molecular complexity index is 1390. The Kier molecular flexibility index (Phi) is 8.86. The zero-order valence-corrected chi connectivity index (χ0v) is 26.4. The van der Waals surface area contributed by atoms with Crippen LogP contribution < -0.4 is 14.5 Å². The fraction of sp³-hybridized carbons (Fsp3) is 0.545. The van der Waals surface area contributed by atoms with Crippen LogP contribution in [0, 0.1) is 12.5 Å². The van der Waals surface area contributed by atoms with Gasteiger partial charge in [0.25, 0.3) is 0 Å². The molecule has 1 aromatic heterocycles. The summed E-state index contributed by atoms with van der Waals surface area (Å²) >= 11 is 0. The van der Waals surface area contributed by atoms with Gasteiger partial charge in [-0.25, -0.2) is 6.57 Å². The zero-order chi connectivity index (χ0) is 29.0. The molecule has 7 nitrogen and oxygen atoms in total. The van der Waals surface area contributed by atoms with Crippen LogP contribution in [0.4, 0.5) is 11.5 Å². The van der Waals surface area contributed by atoms with E-state index in [9.17, 15) is 0 Å². The highest BCUT2D eigenvalue weighted by Crippen LogP contribution is 2.37. The van der Waals surface area contributed by atoms with E-state index in [4.69, 9.17) is 25.7 Å². The van der Waals surface area contributed by atoms with E-state index < -0.39 is 8.32 Å². The first-order valence-corrected chi connectivity index (χ1v) is 18.0. The molecule has 5 rings (SSSR count). The first kappa shape index (κ1) is 29.3. The summed E-state index contributed by atoms with van der Waals surface area (Å²) in [5, 5.41) is 2.71. The smallest absolute Gasteiger partial charge is 0.318 e. The number of hydrogen-bond acceptors (Lipinski definition) is 6. The van der Waals surface area contributed by atoms with Gasteiger partial charge in [-0.15, -0.1) is 0 Å². The van der Waals surface area contributed by atoms with Crippen molar-refractivity contribution in [3.05, 3.63) is 65.1 Å². The lowest BCUT2D eigenvalue weighted by molar-refractivity contribution is 0.224. The topological polar surface area (TPSA) is 55.1 Å². The molecule has 2 aromatic carbocycles. The molecule has 41 heavy (non-hydrogen) atoms. The van der Waals surface area contributed by atoms with Gasteiger partial charge in [-0.1, -0.05) is 57.2 Å². The molecule has 8 heteroatoms. The number of hydrogen-bond donors (Lipinski definition) is 0. The van der Waals surface area contributed by atoms with Gasteiger partial charge in [-0.05, 0) is 48.8 Å². The molecule has 0 N–H and O–H groups in total. The van der Waals surface area contributed by atoms with Crippen molar-refractivity contribution in [3.8, 4) is 6.01 Å². The second-order valence-electron chi connectivity index (χ2n) is 13.0. The maximum Gasteiger partial charge on any atom is 0.318 e. The van der Waals surface area contributed by atoms with Crippen LogP contribution >= 0.6 is 0 Å². The van der Waals surface area contributed by atoms with Crippen molar-refractivity contribution >= 4 is 30.6 Å². The van der Waals surface area contributed by atoms with Crippen LogP contribution in [-0.4, -0.2) is 57.7 Å². The Balaban J connectivity index is 1.37. The summed E-state index contributed by atoms with van der Waals surface area (Å²) in [7, 11) is -1.78. The van der Waals surface area contributed by atoms with Crippen LogP contribution in [0.3, 0.4) is 0 Å². The Morgan fingerprint density at radius 2 is 1.83 bits per heavy atom. The van der Waals surface area contributed by atoms with Crippen LogP contribution in [0.5, 0.6) is 6.01 Å². The van der Waals surface area contributed by atoms with Crippen molar-refractivity contribution in [1.82, 2.24) is 9.97 Å². The van der Waals surface area contributed by atoms with Crippen molar-refractivity contribution in [2.75, 3.05) is 49.2 Å². The number of benzene rings is 2. The monoisotopic (exact) mass is 571 g/mol. The van der Waals surface area contributed by atoms with Crippen molar-refractivity contribution < 1.29 is 9.16 Å². The lowest BCUT2D eigenvalue weighted by Gasteiger charge is -2.36. The largest absolute Gasteiger partial charge is 0.463 e. The molecule has 0 radical (unpaired) electrons. The van der Waals surface area contributed by atoms with Gasteiger partial charge in [0.05, 0.1) is 18.8 Å². The number of ether oxygens (including phenoxy) is 1. The summed E-state index contributed by atoms with van der Waals surface area (Å²) in [6.07, 6.45) is 3.89. The molecule has 1 atom stereocenters. The summed E-state index contributed by atoms with van der Waals surface area (Å²) in [5.41, 5.74) is 3.53. The maximum atomic E-state index is 7.39. The summed E-state index contributed by atoms with van der Waals surface area (Å²) in [6.45, 7) is 24.0. The van der Waals surface area contributed by atoms with Crippen LogP contribution in [0.25, 0.3) is 15.6 Å². The molecule has 218 valence electrons. The number of piperidine rings is 1. The number of rotatable bonds is 9. The van der Waals surface area contributed by atoms with E-state index >= 15 is 0 Å². The maximum absolute atomic E-state index is 7.39. The number of aromatic nitrogens is 2. The van der Waals surface area contributed by atoms with E-state index in [1.54, 1.807) is 0 Å². The van der Waals surface area contributed by atoms with Gasteiger partial charge in [0, 0.05) is 55.2 Å². The molecular weight excluding hydrogens is 526 g/mol. The van der Waals surface area contributed by atoms with Gasteiger partial charge >= 0.3 is 6.01 Å². The molecule has 3 aromatic rings. The number of anilines is 2. The molecule has 0 saturated carbocycles. The minimum Gasteiger partial charge on any atom is -0.463 e. The average molecular weight is 572 g/mol. The molecule has 1 unspecified atom stereocenters. The normalized spacial score (nSPS) is 17.8. The SMILES string of the molecule is [C-]#[N+]CC1CCCN(c2nc(OCCCO[Si](C)(C)C(C)(C)C)nc3c2CCN(c2cccc4ccccc24)C3)C1. The second kappa shape index (κ2) is 12.4. The van der Waals surface area contributed by atoms with Gasteiger partial charge in [-0.2, -0.15) is 9.97 Å². The molecule has 1 fully saturated rings. The molecule has 1 saturated heterocycles. The molecule has 0 aliphatic carbocycles. The van der Waals surface area contributed by atoms with E-state index in [1.807, 2.05) is 0 Å². The van der Waals surface area contributed by atoms with Crippen molar-refractivity contribution in [2.45, 2.75) is 71.1 Å². The Hall–Kier alpha value is -3.15. The van der Waals surface area contributed by atoms with E-state index in [0.29, 0.717) is 31.7 Å². The minimum absolute atomic E-state index is 0.194. The zero-order valence-electron chi connectivity index (χ0n) is 25.4. The van der Waals surface area contributed by atoms with Gasteiger partial charge in [0.2, 0.25) is 6.54 Å². The Morgan fingerprint density at radius 1 is 1.02 bits per heavy atom. The van der Waals surface area contributed by atoms with E-state index in [0.717, 1.165) is 63.4 Å². The summed E-state index contributed by atoms with van der Waals surface area (Å²) in [5.74, 6) is 1.40. The third-order valence-electron chi connectivity index (χ3n) is 9.09. The van der Waals surface area contributed by atoms with Gasteiger partial charge < -0.3 is 23.8 Å². The summed E-state index contributed by atoms with van der Waals surface area (Å²) < 4.78 is 12.6. The predicted octanol–water partition coefficient (Wildman–Crippen LogP) is 7.12. The third kappa shape index (κ3) is 6.68. The van der Waals surface area contributed by atoms with Crippen LogP contribution in [-0.2, 0) is 17.4 Å². The van der Waals surface area contributed by atoms with Crippen molar-refractivity contribution in [3.63, 3.8) is 0 Å². The second-order valence-corrected chi connectivity index (χ2v) is 17.8. The van der Waals surface area contributed by atoms with Crippen molar-refractivity contribution in [1.29, 1.82) is 0 Å². The molecule has 2 aliphatic heterocycles. The summed E-state index contributed by atoms with van der Waals surface area (Å²) in [6, 6.07) is 15.6. The fourth-order valence-corrected chi connectivity index (χ4v) is 6.79. The lowest BCUT2D eigenvalue weighted by atomic mass is 9.96. The molecule has 3 heterocycles. The number of fused-ring (bicyclic) bond motifs is 2. The highest BCUT2D eigenvalue weighted by molar-refractivity contribution is 6.74. The molecule has 0 spiro atoms. The fourth-order valence-electron chi connectivity index (χ4n) is 5.71. The highest BCUT2D eigenvalue weighted by Gasteiger charge is 2.37. The Labute approximate surface area is 246 Å². The molecule has 0 bridgehead atoms. The predicted molar refractivity (Wildman–Crippen MR) is 170 cm³/mol. The number of nitrogens with zero attached hydrogens (tertiary/aromatic N) is 5. The van der Waals surface area contributed by atoms with Crippen LogP contribution in [0.15, 0.2) is 42.5 Å². The first-order chi connectivity index (χ1) is 19.7. The Morgan fingerprint density at radius 3 is 2.63 bits per heavy atom. The van der Waals surface area contributed by atoms with Gasteiger partial charge in [-0.3, -0.25) is 0 Å². The van der Waals surface area contributed by atoms with Crippen LogP contribution in [0.2, 0.25) is 18.1 Å².